The Morgan fingerprint density at radius 3 is 2.61 bits per heavy atom. The fourth-order valence-corrected chi connectivity index (χ4v) is 2.45. The number of anilines is 1. The molecule has 0 saturated carbocycles. The maximum atomic E-state index is 11.1. The molecule has 0 radical (unpaired) electrons. The first-order valence-corrected chi connectivity index (χ1v) is 7.75. The minimum Gasteiger partial charge on any atom is -0.350 e. The molecule has 6 heteroatoms. The molecule has 0 unspecified atom stereocenters. The molecular weight excluding hydrogens is 332 g/mol. The summed E-state index contributed by atoms with van der Waals surface area (Å²) in [5.41, 5.74) is 2.58. The van der Waals surface area contributed by atoms with Crippen LogP contribution in [-0.4, -0.2) is 9.91 Å². The Labute approximate surface area is 144 Å². The summed E-state index contributed by atoms with van der Waals surface area (Å²) in [5, 5.41) is 14.7. The van der Waals surface area contributed by atoms with Crippen LogP contribution in [0.3, 0.4) is 0 Å². The van der Waals surface area contributed by atoms with Crippen LogP contribution in [0.1, 0.15) is 24.5 Å². The topological polar surface area (TPSA) is 55.2 Å². The molecule has 4 nitrogen and oxygen atoms in total. The lowest BCUT2D eigenvalue weighted by molar-refractivity contribution is -0.384. The minimum atomic E-state index is -0.439. The summed E-state index contributed by atoms with van der Waals surface area (Å²) in [6, 6.07) is 11.8. The van der Waals surface area contributed by atoms with E-state index in [1.807, 2.05) is 25.1 Å². The quantitative estimate of drug-likeness (QED) is 0.443. The van der Waals surface area contributed by atoms with E-state index >= 15 is 0 Å². The van der Waals surface area contributed by atoms with Crippen molar-refractivity contribution >= 4 is 45.8 Å². The highest BCUT2D eigenvalue weighted by Gasteiger charge is 2.16. The molecule has 0 aromatic heterocycles. The van der Waals surface area contributed by atoms with Crippen LogP contribution < -0.4 is 5.32 Å². The van der Waals surface area contributed by atoms with Gasteiger partial charge >= 0.3 is 0 Å². The third-order valence-electron chi connectivity index (χ3n) is 3.33. The molecule has 118 valence electrons. The normalized spacial score (nSPS) is 10.2. The van der Waals surface area contributed by atoms with Gasteiger partial charge in [0, 0.05) is 34.0 Å². The summed E-state index contributed by atoms with van der Waals surface area (Å²) in [6.45, 7) is 5.99. The zero-order chi connectivity index (χ0) is 17.0. The number of nitrogens with one attached hydrogen (secondary N) is 1. The maximum absolute atomic E-state index is 11.1. The summed E-state index contributed by atoms with van der Waals surface area (Å²) in [4.78, 5) is 11.3. The molecule has 0 heterocycles. The fraction of sp³-hybridized carbons (Fsp3) is 0.118. The number of hydrogen-bond acceptors (Lipinski definition) is 3. The molecule has 0 bridgehead atoms. The molecule has 0 spiro atoms. The van der Waals surface area contributed by atoms with E-state index in [-0.39, 0.29) is 5.69 Å². The molecule has 23 heavy (non-hydrogen) atoms. The van der Waals surface area contributed by atoms with Crippen molar-refractivity contribution in [2.24, 2.45) is 0 Å². The highest BCUT2D eigenvalue weighted by atomic mass is 35.5. The van der Waals surface area contributed by atoms with E-state index in [4.69, 9.17) is 23.8 Å². The molecule has 2 rings (SSSR count). The largest absolute Gasteiger partial charge is 0.350 e. The average molecular weight is 347 g/mol. The van der Waals surface area contributed by atoms with Crippen LogP contribution in [0.4, 0.5) is 11.4 Å². The van der Waals surface area contributed by atoms with E-state index in [1.54, 1.807) is 12.1 Å². The van der Waals surface area contributed by atoms with Crippen LogP contribution in [0.2, 0.25) is 5.02 Å². The first kappa shape index (κ1) is 17.1. The molecule has 0 amide bonds. The van der Waals surface area contributed by atoms with Gasteiger partial charge in [0.1, 0.15) is 0 Å². The van der Waals surface area contributed by atoms with E-state index in [9.17, 15) is 10.1 Å². The van der Waals surface area contributed by atoms with E-state index in [0.29, 0.717) is 33.3 Å². The van der Waals surface area contributed by atoms with Crippen LogP contribution in [0, 0.1) is 10.1 Å². The van der Waals surface area contributed by atoms with Gasteiger partial charge < -0.3 is 5.32 Å². The first-order valence-electron chi connectivity index (χ1n) is 6.96. The Hall–Kier alpha value is -2.24. The van der Waals surface area contributed by atoms with Gasteiger partial charge in [-0.25, -0.2) is 0 Å². The van der Waals surface area contributed by atoms with Gasteiger partial charge in [-0.2, -0.15) is 0 Å². The smallest absolute Gasteiger partial charge is 0.270 e. The molecule has 0 fully saturated rings. The molecule has 2 aromatic carbocycles. The standard InChI is InChI=1S/C17H15ClN2O2S/c1-3-17(23)19-16-9-8-12(20(21)22)10-14(16)11(2)13-6-4-5-7-15(13)18/h4-10H,2-3H2,1H3,(H,19,23). The second-order valence-corrected chi connectivity index (χ2v) is 5.75. The van der Waals surface area contributed by atoms with Gasteiger partial charge in [-0.3, -0.25) is 10.1 Å². The lowest BCUT2D eigenvalue weighted by Gasteiger charge is -2.15. The second-order valence-electron chi connectivity index (χ2n) is 4.85. The molecule has 0 aliphatic rings. The van der Waals surface area contributed by atoms with Crippen LogP contribution in [0.15, 0.2) is 49.0 Å². The van der Waals surface area contributed by atoms with Crippen LogP contribution in [0.25, 0.3) is 5.57 Å². The van der Waals surface area contributed by atoms with Gasteiger partial charge in [0.15, 0.2) is 0 Å². The minimum absolute atomic E-state index is 0.0128. The number of non-ortho nitro benzene ring substituents is 1. The van der Waals surface area contributed by atoms with Crippen molar-refractivity contribution in [3.63, 3.8) is 0 Å². The highest BCUT2D eigenvalue weighted by molar-refractivity contribution is 7.80. The number of hydrogen-bond donors (Lipinski definition) is 1. The van der Waals surface area contributed by atoms with Crippen molar-refractivity contribution in [1.29, 1.82) is 0 Å². The number of thiocarbonyl (C=S) groups is 1. The predicted molar refractivity (Wildman–Crippen MR) is 99.2 cm³/mol. The predicted octanol–water partition coefficient (Wildman–Crippen LogP) is 5.46. The number of nitrogens with zero attached hydrogens (tertiary/aromatic N) is 1. The van der Waals surface area contributed by atoms with Gasteiger partial charge in [0.25, 0.3) is 5.69 Å². The third-order valence-corrected chi connectivity index (χ3v) is 4.05. The molecule has 0 atom stereocenters. The summed E-state index contributed by atoms with van der Waals surface area (Å²) in [7, 11) is 0. The number of halogens is 1. The van der Waals surface area contributed by atoms with Gasteiger partial charge in [0.05, 0.1) is 9.91 Å². The van der Waals surface area contributed by atoms with Gasteiger partial charge in [-0.1, -0.05) is 55.5 Å². The van der Waals surface area contributed by atoms with Crippen molar-refractivity contribution in [2.75, 3.05) is 5.32 Å². The number of benzene rings is 2. The Morgan fingerprint density at radius 2 is 2.00 bits per heavy atom. The van der Waals surface area contributed by atoms with E-state index in [2.05, 4.69) is 11.9 Å². The number of rotatable bonds is 5. The zero-order valence-electron chi connectivity index (χ0n) is 12.5. The highest BCUT2D eigenvalue weighted by Crippen LogP contribution is 2.34. The van der Waals surface area contributed by atoms with Gasteiger partial charge in [-0.05, 0) is 24.1 Å². The van der Waals surface area contributed by atoms with Gasteiger partial charge in [-0.15, -0.1) is 0 Å². The summed E-state index contributed by atoms with van der Waals surface area (Å²) >= 11 is 11.4. The lowest BCUT2D eigenvalue weighted by atomic mass is 9.97. The Kier molecular flexibility index (Phi) is 5.47. The Bertz CT molecular complexity index is 790. The number of nitro benzene ring substituents is 1. The lowest BCUT2D eigenvalue weighted by Crippen LogP contribution is -2.09. The molecule has 0 saturated heterocycles. The number of nitro groups is 1. The van der Waals surface area contributed by atoms with Crippen molar-refractivity contribution in [2.45, 2.75) is 13.3 Å². The monoisotopic (exact) mass is 346 g/mol. The summed E-state index contributed by atoms with van der Waals surface area (Å²) < 4.78 is 0. The molecule has 0 aliphatic carbocycles. The molecule has 0 aliphatic heterocycles. The van der Waals surface area contributed by atoms with Crippen molar-refractivity contribution < 1.29 is 4.92 Å². The Balaban J connectivity index is 2.55. The van der Waals surface area contributed by atoms with E-state index in [1.165, 1.54) is 12.1 Å². The van der Waals surface area contributed by atoms with E-state index in [0.717, 1.165) is 5.56 Å². The molecule has 2 aromatic rings. The summed E-state index contributed by atoms with van der Waals surface area (Å²) in [5.74, 6) is 0. The molecular formula is C17H15ClN2O2S. The SMILES string of the molecule is C=C(c1ccccc1Cl)c1cc([N+](=O)[O-])ccc1NC(=S)CC. The van der Waals surface area contributed by atoms with Crippen LogP contribution >= 0.6 is 23.8 Å². The second kappa shape index (κ2) is 7.35. The van der Waals surface area contributed by atoms with Crippen molar-refractivity contribution in [1.82, 2.24) is 0 Å². The third kappa shape index (κ3) is 3.94. The van der Waals surface area contributed by atoms with E-state index < -0.39 is 4.92 Å². The van der Waals surface area contributed by atoms with Crippen LogP contribution in [-0.2, 0) is 0 Å². The first-order chi connectivity index (χ1) is 10.9. The van der Waals surface area contributed by atoms with Crippen LogP contribution in [0.5, 0.6) is 0 Å². The molecule has 1 N–H and O–H groups in total. The fourth-order valence-electron chi connectivity index (χ4n) is 2.09. The van der Waals surface area contributed by atoms with Gasteiger partial charge in [0.2, 0.25) is 0 Å². The zero-order valence-corrected chi connectivity index (χ0v) is 14.1. The Morgan fingerprint density at radius 1 is 1.30 bits per heavy atom. The summed E-state index contributed by atoms with van der Waals surface area (Å²) in [6.07, 6.45) is 0.671. The average Bonchev–Trinajstić information content (AvgIpc) is 2.54. The van der Waals surface area contributed by atoms with Crippen molar-refractivity contribution in [3.8, 4) is 0 Å². The van der Waals surface area contributed by atoms with Crippen molar-refractivity contribution in [3.05, 3.63) is 75.3 Å². The maximum Gasteiger partial charge on any atom is 0.270 e.